The maximum atomic E-state index is 11.3. The van der Waals surface area contributed by atoms with E-state index in [1.165, 1.54) is 0 Å². The standard InChI is InChI=1S/C12H18O4/c13-10-7-9(11(14)8-10)5-3-1-2-4-6-12(15)16/h1,3,9-10,13H,2,4-8H2,(H,15,16)/b3-1-/t9-,10-/m1/s1. The van der Waals surface area contributed by atoms with Gasteiger partial charge in [0.25, 0.3) is 0 Å². The summed E-state index contributed by atoms with van der Waals surface area (Å²) in [7, 11) is 0. The van der Waals surface area contributed by atoms with E-state index in [0.29, 0.717) is 19.3 Å². The van der Waals surface area contributed by atoms with Gasteiger partial charge in [0.15, 0.2) is 0 Å². The Bertz CT molecular complexity index is 283. The van der Waals surface area contributed by atoms with E-state index in [-0.39, 0.29) is 24.5 Å². The fraction of sp³-hybridized carbons (Fsp3) is 0.667. The van der Waals surface area contributed by atoms with Gasteiger partial charge in [-0.1, -0.05) is 12.2 Å². The zero-order valence-corrected chi connectivity index (χ0v) is 9.26. The molecule has 1 aliphatic carbocycles. The average Bonchev–Trinajstić information content (AvgIpc) is 2.50. The third kappa shape index (κ3) is 4.57. The monoisotopic (exact) mass is 226 g/mol. The van der Waals surface area contributed by atoms with Crippen LogP contribution in [0.25, 0.3) is 0 Å². The van der Waals surface area contributed by atoms with Crippen molar-refractivity contribution in [2.24, 2.45) is 5.92 Å². The van der Waals surface area contributed by atoms with E-state index < -0.39 is 12.1 Å². The molecule has 0 unspecified atom stereocenters. The van der Waals surface area contributed by atoms with Crippen molar-refractivity contribution < 1.29 is 19.8 Å². The summed E-state index contributed by atoms with van der Waals surface area (Å²) in [6.45, 7) is 0. The molecule has 0 amide bonds. The fourth-order valence-electron chi connectivity index (χ4n) is 1.92. The summed E-state index contributed by atoms with van der Waals surface area (Å²) in [6.07, 6.45) is 6.45. The molecule has 16 heavy (non-hydrogen) atoms. The third-order valence-electron chi connectivity index (χ3n) is 2.80. The smallest absolute Gasteiger partial charge is 0.303 e. The van der Waals surface area contributed by atoms with Gasteiger partial charge in [0.05, 0.1) is 6.10 Å². The molecule has 0 bridgehead atoms. The van der Waals surface area contributed by atoms with Crippen LogP contribution in [0.2, 0.25) is 0 Å². The minimum atomic E-state index is -0.775. The Labute approximate surface area is 95.0 Å². The molecule has 2 N–H and O–H groups in total. The zero-order chi connectivity index (χ0) is 12.0. The van der Waals surface area contributed by atoms with Crippen LogP contribution in [0, 0.1) is 5.92 Å². The Kier molecular flexibility index (Phi) is 5.19. The number of hydrogen-bond acceptors (Lipinski definition) is 3. The Morgan fingerprint density at radius 3 is 2.75 bits per heavy atom. The van der Waals surface area contributed by atoms with E-state index in [9.17, 15) is 14.7 Å². The molecule has 0 aromatic heterocycles. The second kappa shape index (κ2) is 6.43. The van der Waals surface area contributed by atoms with Gasteiger partial charge in [-0.05, 0) is 25.7 Å². The molecule has 0 aliphatic heterocycles. The van der Waals surface area contributed by atoms with Gasteiger partial charge in [-0.2, -0.15) is 0 Å². The third-order valence-corrected chi connectivity index (χ3v) is 2.80. The molecule has 4 heteroatoms. The van der Waals surface area contributed by atoms with Crippen molar-refractivity contribution in [3.8, 4) is 0 Å². The lowest BCUT2D eigenvalue weighted by atomic mass is 10.0. The summed E-state index contributed by atoms with van der Waals surface area (Å²) in [5, 5.41) is 17.7. The summed E-state index contributed by atoms with van der Waals surface area (Å²) < 4.78 is 0. The number of carboxylic acids is 1. The highest BCUT2D eigenvalue weighted by molar-refractivity contribution is 5.83. The lowest BCUT2D eigenvalue weighted by molar-refractivity contribution is -0.137. The van der Waals surface area contributed by atoms with Crippen LogP contribution in [-0.2, 0) is 9.59 Å². The molecule has 0 radical (unpaired) electrons. The van der Waals surface area contributed by atoms with Crippen LogP contribution in [0.1, 0.15) is 38.5 Å². The maximum Gasteiger partial charge on any atom is 0.303 e. The van der Waals surface area contributed by atoms with Crippen LogP contribution in [-0.4, -0.2) is 28.1 Å². The highest BCUT2D eigenvalue weighted by Gasteiger charge is 2.29. The number of carboxylic acid groups (broad SMARTS) is 1. The van der Waals surface area contributed by atoms with E-state index in [4.69, 9.17) is 5.11 Å². The number of aliphatic hydroxyl groups excluding tert-OH is 1. The number of Topliss-reactive ketones (excluding diaryl/α,β-unsaturated/α-hetero) is 1. The lowest BCUT2D eigenvalue weighted by Gasteiger charge is -2.02. The molecular formula is C12H18O4. The number of carbonyl (C=O) groups excluding carboxylic acids is 1. The molecule has 4 nitrogen and oxygen atoms in total. The molecule has 0 aromatic carbocycles. The molecule has 0 saturated heterocycles. The number of unbranched alkanes of at least 4 members (excludes halogenated alkanes) is 1. The zero-order valence-electron chi connectivity index (χ0n) is 9.26. The van der Waals surface area contributed by atoms with Crippen molar-refractivity contribution in [1.82, 2.24) is 0 Å². The molecule has 0 heterocycles. The normalized spacial score (nSPS) is 25.4. The van der Waals surface area contributed by atoms with Crippen LogP contribution in [0.5, 0.6) is 0 Å². The first-order chi connectivity index (χ1) is 7.59. The number of carbonyl (C=O) groups is 2. The molecule has 1 rings (SSSR count). The highest BCUT2D eigenvalue weighted by Crippen LogP contribution is 2.25. The van der Waals surface area contributed by atoms with Crippen molar-refractivity contribution in [3.05, 3.63) is 12.2 Å². The highest BCUT2D eigenvalue weighted by atomic mass is 16.4. The number of aliphatic hydroxyl groups is 1. The Morgan fingerprint density at radius 2 is 2.19 bits per heavy atom. The molecule has 0 aromatic rings. The summed E-state index contributed by atoms with van der Waals surface area (Å²) in [6, 6.07) is 0. The Hall–Kier alpha value is -1.16. The maximum absolute atomic E-state index is 11.3. The van der Waals surface area contributed by atoms with Gasteiger partial charge < -0.3 is 10.2 Å². The quantitative estimate of drug-likeness (QED) is 0.532. The van der Waals surface area contributed by atoms with Gasteiger partial charge in [0, 0.05) is 18.8 Å². The molecule has 1 aliphatic rings. The number of allylic oxidation sites excluding steroid dienone is 2. The molecule has 1 fully saturated rings. The Morgan fingerprint density at radius 1 is 1.44 bits per heavy atom. The predicted octanol–water partition coefficient (Wildman–Crippen LogP) is 1.53. The van der Waals surface area contributed by atoms with Crippen molar-refractivity contribution in [2.45, 2.75) is 44.6 Å². The predicted molar refractivity (Wildman–Crippen MR) is 59.0 cm³/mol. The molecule has 1 saturated carbocycles. The second-order valence-corrected chi connectivity index (χ2v) is 4.25. The average molecular weight is 226 g/mol. The van der Waals surface area contributed by atoms with Gasteiger partial charge in [-0.15, -0.1) is 0 Å². The number of ketones is 1. The summed E-state index contributed by atoms with van der Waals surface area (Å²) in [5.41, 5.74) is 0. The van der Waals surface area contributed by atoms with Crippen molar-refractivity contribution in [1.29, 1.82) is 0 Å². The van der Waals surface area contributed by atoms with E-state index in [1.54, 1.807) is 0 Å². The first kappa shape index (κ1) is 12.9. The lowest BCUT2D eigenvalue weighted by Crippen LogP contribution is -2.04. The van der Waals surface area contributed by atoms with E-state index in [2.05, 4.69) is 0 Å². The minimum absolute atomic E-state index is 0.0364. The number of aliphatic carboxylic acids is 1. The summed E-state index contributed by atoms with van der Waals surface area (Å²) >= 11 is 0. The molecular weight excluding hydrogens is 208 g/mol. The SMILES string of the molecule is O=C(O)CCC/C=C\C[C@@H]1C[C@@H](O)CC1=O. The van der Waals surface area contributed by atoms with Crippen molar-refractivity contribution in [3.63, 3.8) is 0 Å². The van der Waals surface area contributed by atoms with E-state index in [1.807, 2.05) is 12.2 Å². The van der Waals surface area contributed by atoms with E-state index >= 15 is 0 Å². The van der Waals surface area contributed by atoms with Gasteiger partial charge in [0.2, 0.25) is 0 Å². The van der Waals surface area contributed by atoms with Crippen LogP contribution in [0.15, 0.2) is 12.2 Å². The number of hydrogen-bond donors (Lipinski definition) is 2. The minimum Gasteiger partial charge on any atom is -0.481 e. The summed E-state index contributed by atoms with van der Waals surface area (Å²) in [5.74, 6) is -0.670. The van der Waals surface area contributed by atoms with Gasteiger partial charge in [-0.3, -0.25) is 9.59 Å². The van der Waals surface area contributed by atoms with Gasteiger partial charge >= 0.3 is 5.97 Å². The second-order valence-electron chi connectivity index (χ2n) is 4.25. The van der Waals surface area contributed by atoms with Crippen LogP contribution in [0.3, 0.4) is 0 Å². The largest absolute Gasteiger partial charge is 0.481 e. The Balaban J connectivity index is 2.12. The van der Waals surface area contributed by atoms with Gasteiger partial charge in [-0.25, -0.2) is 0 Å². The topological polar surface area (TPSA) is 74.6 Å². The number of rotatable bonds is 6. The van der Waals surface area contributed by atoms with Crippen LogP contribution in [0.4, 0.5) is 0 Å². The van der Waals surface area contributed by atoms with Crippen molar-refractivity contribution >= 4 is 11.8 Å². The van der Waals surface area contributed by atoms with Crippen LogP contribution < -0.4 is 0 Å². The first-order valence-corrected chi connectivity index (χ1v) is 5.67. The molecule has 2 atom stereocenters. The first-order valence-electron chi connectivity index (χ1n) is 5.67. The summed E-state index contributed by atoms with van der Waals surface area (Å²) in [4.78, 5) is 21.5. The van der Waals surface area contributed by atoms with Gasteiger partial charge in [0.1, 0.15) is 5.78 Å². The van der Waals surface area contributed by atoms with E-state index in [0.717, 1.165) is 6.42 Å². The molecule has 90 valence electrons. The fourth-order valence-corrected chi connectivity index (χ4v) is 1.92. The van der Waals surface area contributed by atoms with Crippen molar-refractivity contribution in [2.75, 3.05) is 0 Å². The van der Waals surface area contributed by atoms with Crippen LogP contribution >= 0.6 is 0 Å². The molecule has 0 spiro atoms.